The fourth-order valence-electron chi connectivity index (χ4n) is 2.07. The summed E-state index contributed by atoms with van der Waals surface area (Å²) in [6.45, 7) is 6.57. The van der Waals surface area contributed by atoms with Crippen LogP contribution in [0.1, 0.15) is 32.3 Å². The average molecular weight is 297 g/mol. The first kappa shape index (κ1) is 15.6. The molecule has 4 heteroatoms. The van der Waals surface area contributed by atoms with Crippen LogP contribution in [-0.2, 0) is 11.3 Å². The average Bonchev–Trinajstić information content (AvgIpc) is 3.19. The first-order chi connectivity index (χ1) is 9.56. The molecule has 0 aliphatic heterocycles. The van der Waals surface area contributed by atoms with Crippen LogP contribution in [0.3, 0.4) is 0 Å². The second-order valence-corrected chi connectivity index (χ2v) is 6.19. The number of rotatable bonds is 8. The van der Waals surface area contributed by atoms with Gasteiger partial charge in [0.05, 0.1) is 23.4 Å². The molecule has 0 spiro atoms. The number of likely N-dealkylation sites (N-methyl/N-ethyl adjacent to an activating group) is 1. The van der Waals surface area contributed by atoms with E-state index in [-0.39, 0.29) is 6.10 Å². The van der Waals surface area contributed by atoms with Gasteiger partial charge in [0.2, 0.25) is 0 Å². The van der Waals surface area contributed by atoms with Crippen LogP contribution < -0.4 is 10.2 Å². The Bertz CT molecular complexity index is 432. The van der Waals surface area contributed by atoms with Crippen molar-refractivity contribution in [3.05, 3.63) is 28.8 Å². The maximum Gasteiger partial charge on any atom is 0.0644 e. The highest BCUT2D eigenvalue weighted by Gasteiger charge is 2.20. The summed E-state index contributed by atoms with van der Waals surface area (Å²) in [5.74, 6) is 0. The minimum absolute atomic E-state index is 0.273. The van der Waals surface area contributed by atoms with E-state index in [1.807, 2.05) is 7.05 Å². The van der Waals surface area contributed by atoms with Crippen molar-refractivity contribution in [2.45, 2.75) is 45.4 Å². The van der Waals surface area contributed by atoms with E-state index in [0.717, 1.165) is 36.4 Å². The van der Waals surface area contributed by atoms with E-state index in [1.165, 1.54) is 18.4 Å². The van der Waals surface area contributed by atoms with E-state index in [4.69, 9.17) is 16.3 Å². The summed E-state index contributed by atoms with van der Waals surface area (Å²) in [6, 6.07) is 7.04. The molecule has 1 fully saturated rings. The zero-order valence-electron chi connectivity index (χ0n) is 12.7. The summed E-state index contributed by atoms with van der Waals surface area (Å²) in [4.78, 5) is 2.14. The molecule has 3 nitrogen and oxygen atoms in total. The number of benzene rings is 1. The van der Waals surface area contributed by atoms with Crippen molar-refractivity contribution in [2.24, 2.45) is 0 Å². The van der Waals surface area contributed by atoms with E-state index in [1.54, 1.807) is 0 Å². The summed E-state index contributed by atoms with van der Waals surface area (Å²) >= 11 is 6.39. The van der Waals surface area contributed by atoms with E-state index in [0.29, 0.717) is 0 Å². The van der Waals surface area contributed by atoms with Gasteiger partial charge in [-0.1, -0.05) is 17.7 Å². The molecule has 1 saturated carbocycles. The van der Waals surface area contributed by atoms with Crippen LogP contribution in [0.5, 0.6) is 0 Å². The third kappa shape index (κ3) is 4.97. The smallest absolute Gasteiger partial charge is 0.0644 e. The van der Waals surface area contributed by atoms with E-state index in [2.05, 4.69) is 42.3 Å². The predicted octanol–water partition coefficient (Wildman–Crippen LogP) is 3.45. The summed E-state index contributed by atoms with van der Waals surface area (Å²) in [5.41, 5.74) is 2.31. The third-order valence-electron chi connectivity index (χ3n) is 3.47. The minimum atomic E-state index is 0.273. The van der Waals surface area contributed by atoms with Crippen molar-refractivity contribution in [1.29, 1.82) is 0 Å². The third-order valence-corrected chi connectivity index (χ3v) is 3.78. The van der Waals surface area contributed by atoms with Gasteiger partial charge in [-0.25, -0.2) is 0 Å². The molecule has 112 valence electrons. The highest BCUT2D eigenvalue weighted by atomic mass is 35.5. The maximum atomic E-state index is 6.39. The molecule has 1 aromatic carbocycles. The van der Waals surface area contributed by atoms with Crippen molar-refractivity contribution in [1.82, 2.24) is 5.32 Å². The maximum absolute atomic E-state index is 6.39. The van der Waals surface area contributed by atoms with Gasteiger partial charge in [-0.2, -0.15) is 0 Å². The van der Waals surface area contributed by atoms with Gasteiger partial charge < -0.3 is 15.0 Å². The van der Waals surface area contributed by atoms with Gasteiger partial charge in [0.15, 0.2) is 0 Å². The van der Waals surface area contributed by atoms with E-state index < -0.39 is 0 Å². The topological polar surface area (TPSA) is 24.5 Å². The second-order valence-electron chi connectivity index (χ2n) is 5.78. The fourth-order valence-corrected chi connectivity index (χ4v) is 2.41. The minimum Gasteiger partial charge on any atom is -0.377 e. The normalized spacial score (nSPS) is 14.8. The van der Waals surface area contributed by atoms with Gasteiger partial charge in [0.25, 0.3) is 0 Å². The molecule has 1 aromatic rings. The number of nitrogens with zero attached hydrogens (tertiary/aromatic N) is 1. The Hall–Kier alpha value is -0.770. The number of hydrogen-bond donors (Lipinski definition) is 1. The quantitative estimate of drug-likeness (QED) is 0.795. The van der Waals surface area contributed by atoms with Crippen LogP contribution in [-0.4, -0.2) is 32.3 Å². The van der Waals surface area contributed by atoms with E-state index in [9.17, 15) is 0 Å². The van der Waals surface area contributed by atoms with Crippen molar-refractivity contribution in [3.63, 3.8) is 0 Å². The molecule has 0 heterocycles. The molecule has 0 aromatic heterocycles. The van der Waals surface area contributed by atoms with E-state index >= 15 is 0 Å². The van der Waals surface area contributed by atoms with Gasteiger partial charge in [-0.15, -0.1) is 0 Å². The molecule has 0 saturated heterocycles. The second kappa shape index (κ2) is 7.30. The van der Waals surface area contributed by atoms with Crippen molar-refractivity contribution < 1.29 is 4.74 Å². The van der Waals surface area contributed by atoms with Crippen LogP contribution in [0, 0.1) is 0 Å². The van der Waals surface area contributed by atoms with Crippen molar-refractivity contribution >= 4 is 17.3 Å². The zero-order chi connectivity index (χ0) is 14.5. The van der Waals surface area contributed by atoms with Gasteiger partial charge >= 0.3 is 0 Å². The highest BCUT2D eigenvalue weighted by Crippen LogP contribution is 2.26. The molecular weight excluding hydrogens is 272 g/mol. The number of anilines is 1. The molecule has 1 aliphatic carbocycles. The summed E-state index contributed by atoms with van der Waals surface area (Å²) in [7, 11) is 2.05. The summed E-state index contributed by atoms with van der Waals surface area (Å²) in [6.07, 6.45) is 2.89. The van der Waals surface area contributed by atoms with Gasteiger partial charge in [-0.05, 0) is 44.4 Å². The van der Waals surface area contributed by atoms with Gasteiger partial charge in [0, 0.05) is 26.2 Å². The molecule has 0 amide bonds. The monoisotopic (exact) mass is 296 g/mol. The molecule has 1 N–H and O–H groups in total. The number of ether oxygens (including phenoxy) is 1. The molecule has 0 atom stereocenters. The lowest BCUT2D eigenvalue weighted by molar-refractivity contribution is 0.0846. The van der Waals surface area contributed by atoms with Gasteiger partial charge in [0.1, 0.15) is 0 Å². The van der Waals surface area contributed by atoms with Crippen LogP contribution in [0.4, 0.5) is 5.69 Å². The molecule has 2 rings (SSSR count). The predicted molar refractivity (Wildman–Crippen MR) is 85.7 cm³/mol. The highest BCUT2D eigenvalue weighted by molar-refractivity contribution is 6.33. The molecular formula is C16H25ClN2O. The van der Waals surface area contributed by atoms with Crippen LogP contribution in [0.15, 0.2) is 18.2 Å². The Kier molecular flexibility index (Phi) is 5.70. The Morgan fingerprint density at radius 2 is 2.15 bits per heavy atom. The van der Waals surface area contributed by atoms with Crippen LogP contribution in [0.2, 0.25) is 5.02 Å². The first-order valence-corrected chi connectivity index (χ1v) is 7.78. The van der Waals surface area contributed by atoms with Crippen LogP contribution >= 0.6 is 11.6 Å². The molecule has 0 radical (unpaired) electrons. The lowest BCUT2D eigenvalue weighted by Crippen LogP contribution is -2.24. The molecule has 0 unspecified atom stereocenters. The number of halogens is 1. The lowest BCUT2D eigenvalue weighted by Gasteiger charge is -2.21. The van der Waals surface area contributed by atoms with Gasteiger partial charge in [-0.3, -0.25) is 0 Å². The largest absolute Gasteiger partial charge is 0.377 e. The summed E-state index contributed by atoms with van der Waals surface area (Å²) in [5, 5.41) is 4.32. The molecule has 1 aliphatic rings. The lowest BCUT2D eigenvalue weighted by atomic mass is 10.2. The van der Waals surface area contributed by atoms with Crippen molar-refractivity contribution in [3.8, 4) is 0 Å². The molecule has 20 heavy (non-hydrogen) atoms. The Labute approximate surface area is 127 Å². The SMILES string of the molecule is CC(C)OCCN(C)c1ccc(CNC2CC2)cc1Cl. The zero-order valence-corrected chi connectivity index (χ0v) is 13.4. The Morgan fingerprint density at radius 1 is 1.40 bits per heavy atom. The Morgan fingerprint density at radius 3 is 2.75 bits per heavy atom. The summed E-state index contributed by atoms with van der Waals surface area (Å²) < 4.78 is 5.57. The van der Waals surface area contributed by atoms with Crippen molar-refractivity contribution in [2.75, 3.05) is 25.1 Å². The standard InChI is InChI=1S/C16H25ClN2O/c1-12(2)20-9-8-19(3)16-7-4-13(10-15(16)17)11-18-14-5-6-14/h4,7,10,12,14,18H,5-6,8-9,11H2,1-3H3. The number of nitrogens with one attached hydrogen (secondary N) is 1. The first-order valence-electron chi connectivity index (χ1n) is 7.41. The fraction of sp³-hybridized carbons (Fsp3) is 0.625. The van der Waals surface area contributed by atoms with Crippen LogP contribution in [0.25, 0.3) is 0 Å². The Balaban J connectivity index is 1.86. The number of hydrogen-bond acceptors (Lipinski definition) is 3. The molecule has 0 bridgehead atoms.